The van der Waals surface area contributed by atoms with Gasteiger partial charge < -0.3 is 10.5 Å². The first-order valence-corrected chi connectivity index (χ1v) is 7.00. The Kier molecular flexibility index (Phi) is 3.49. The van der Waals surface area contributed by atoms with E-state index < -0.39 is 0 Å². The molecule has 2 aromatic carbocycles. The van der Waals surface area contributed by atoms with Gasteiger partial charge in [-0.3, -0.25) is 0 Å². The molecule has 0 saturated carbocycles. The topological polar surface area (TPSA) is 35.2 Å². The van der Waals surface area contributed by atoms with E-state index in [4.69, 9.17) is 10.5 Å². The Morgan fingerprint density at radius 1 is 1.11 bits per heavy atom. The molecule has 0 bridgehead atoms. The average Bonchev–Trinajstić information content (AvgIpc) is 2.47. The molecular weight excluding hydrogens is 254 g/mol. The monoisotopic (exact) mass is 271 g/mol. The van der Waals surface area contributed by atoms with Crippen molar-refractivity contribution < 1.29 is 4.74 Å². The molecule has 0 spiro atoms. The third-order valence-electron chi connectivity index (χ3n) is 3.55. The van der Waals surface area contributed by atoms with E-state index in [-0.39, 0.29) is 6.10 Å². The highest BCUT2D eigenvalue weighted by molar-refractivity contribution is 7.80. The molecule has 0 aromatic heterocycles. The second kappa shape index (κ2) is 5.27. The fourth-order valence-corrected chi connectivity index (χ4v) is 2.59. The van der Waals surface area contributed by atoms with Crippen LogP contribution in [-0.4, -0.2) is 12.6 Å². The van der Waals surface area contributed by atoms with Crippen molar-refractivity contribution in [3.8, 4) is 16.9 Å². The fourth-order valence-electron chi connectivity index (χ4n) is 2.44. The zero-order valence-corrected chi connectivity index (χ0v) is 11.6. The summed E-state index contributed by atoms with van der Waals surface area (Å²) in [6.45, 7) is 0.588. The lowest BCUT2D eigenvalue weighted by Crippen LogP contribution is -2.30. The highest BCUT2D eigenvalue weighted by Gasteiger charge is 2.18. The Morgan fingerprint density at radius 3 is 2.58 bits per heavy atom. The van der Waals surface area contributed by atoms with Crippen molar-refractivity contribution in [3.63, 3.8) is 0 Å². The summed E-state index contributed by atoms with van der Waals surface area (Å²) in [6, 6.07) is 14.6. The Hall–Kier alpha value is -1.45. The zero-order chi connectivity index (χ0) is 13.2. The molecule has 0 radical (unpaired) electrons. The summed E-state index contributed by atoms with van der Waals surface area (Å²) in [7, 11) is 0. The first-order valence-electron chi connectivity index (χ1n) is 6.55. The van der Waals surface area contributed by atoms with Gasteiger partial charge in [0.1, 0.15) is 11.9 Å². The highest BCUT2D eigenvalue weighted by atomic mass is 32.1. The van der Waals surface area contributed by atoms with Crippen LogP contribution >= 0.6 is 12.6 Å². The van der Waals surface area contributed by atoms with Gasteiger partial charge in [-0.25, -0.2) is 0 Å². The minimum absolute atomic E-state index is 0.168. The van der Waals surface area contributed by atoms with E-state index in [1.165, 1.54) is 16.7 Å². The summed E-state index contributed by atoms with van der Waals surface area (Å²) in [4.78, 5) is 0.982. The van der Waals surface area contributed by atoms with Crippen LogP contribution in [0.2, 0.25) is 0 Å². The molecule has 1 heterocycles. The minimum atomic E-state index is 0.168. The van der Waals surface area contributed by atoms with Crippen LogP contribution in [0.25, 0.3) is 11.1 Å². The summed E-state index contributed by atoms with van der Waals surface area (Å²) in [5.74, 6) is 0.983. The molecule has 2 N–H and O–H groups in total. The van der Waals surface area contributed by atoms with Gasteiger partial charge in [-0.15, -0.1) is 12.6 Å². The molecule has 19 heavy (non-hydrogen) atoms. The number of thiol groups is 1. The van der Waals surface area contributed by atoms with Crippen molar-refractivity contribution >= 4 is 12.6 Å². The molecule has 0 fully saturated rings. The van der Waals surface area contributed by atoms with Crippen molar-refractivity contribution in [2.24, 2.45) is 5.73 Å². The first-order chi connectivity index (χ1) is 9.26. The third kappa shape index (κ3) is 2.62. The van der Waals surface area contributed by atoms with E-state index in [0.29, 0.717) is 6.54 Å². The van der Waals surface area contributed by atoms with Crippen LogP contribution in [0.4, 0.5) is 0 Å². The Bertz CT molecular complexity index is 580. The van der Waals surface area contributed by atoms with Gasteiger partial charge in [0, 0.05) is 11.4 Å². The number of nitrogens with two attached hydrogens (primary N) is 1. The lowest BCUT2D eigenvalue weighted by Gasteiger charge is -2.25. The van der Waals surface area contributed by atoms with Gasteiger partial charge >= 0.3 is 0 Å². The van der Waals surface area contributed by atoms with E-state index in [0.717, 1.165) is 23.5 Å². The van der Waals surface area contributed by atoms with Crippen LogP contribution in [0.3, 0.4) is 0 Å². The van der Waals surface area contributed by atoms with Gasteiger partial charge in [0.25, 0.3) is 0 Å². The second-order valence-corrected chi connectivity index (χ2v) is 5.40. The maximum atomic E-state index is 5.85. The number of fused-ring (bicyclic) bond motifs is 1. The number of aryl methyl sites for hydroxylation is 1. The van der Waals surface area contributed by atoms with Crippen LogP contribution < -0.4 is 10.5 Å². The molecule has 2 aromatic rings. The molecule has 0 aliphatic carbocycles. The predicted octanol–water partition coefficient (Wildman–Crippen LogP) is 3.29. The highest BCUT2D eigenvalue weighted by Crippen LogP contribution is 2.32. The van der Waals surface area contributed by atoms with Crippen LogP contribution in [-0.2, 0) is 6.42 Å². The second-order valence-electron chi connectivity index (χ2n) is 4.88. The minimum Gasteiger partial charge on any atom is -0.489 e. The maximum Gasteiger partial charge on any atom is 0.123 e. The largest absolute Gasteiger partial charge is 0.489 e. The van der Waals surface area contributed by atoms with Gasteiger partial charge in [0.2, 0.25) is 0 Å². The summed E-state index contributed by atoms with van der Waals surface area (Å²) in [5, 5.41) is 0. The molecule has 3 heteroatoms. The van der Waals surface area contributed by atoms with E-state index in [1.807, 2.05) is 12.1 Å². The molecule has 0 amide bonds. The average molecular weight is 271 g/mol. The lowest BCUT2D eigenvalue weighted by molar-refractivity contribution is 0.181. The van der Waals surface area contributed by atoms with Gasteiger partial charge in [-0.2, -0.15) is 0 Å². The summed E-state index contributed by atoms with van der Waals surface area (Å²) >= 11 is 4.31. The molecule has 1 aliphatic rings. The molecule has 0 saturated heterocycles. The molecule has 1 unspecified atom stereocenters. The van der Waals surface area contributed by atoms with Crippen molar-refractivity contribution in [1.82, 2.24) is 0 Å². The number of benzene rings is 2. The Balaban J connectivity index is 1.92. The lowest BCUT2D eigenvalue weighted by atomic mass is 9.97. The Morgan fingerprint density at radius 2 is 1.84 bits per heavy atom. The Labute approximate surface area is 119 Å². The van der Waals surface area contributed by atoms with Crippen LogP contribution in [0.5, 0.6) is 5.75 Å². The number of hydrogen-bond donors (Lipinski definition) is 2. The number of ether oxygens (including phenoxy) is 1. The van der Waals surface area contributed by atoms with E-state index in [1.54, 1.807) is 0 Å². The molecule has 98 valence electrons. The van der Waals surface area contributed by atoms with Crippen molar-refractivity contribution in [3.05, 3.63) is 48.0 Å². The van der Waals surface area contributed by atoms with Gasteiger partial charge in [0.15, 0.2) is 0 Å². The van der Waals surface area contributed by atoms with Crippen molar-refractivity contribution in [1.29, 1.82) is 0 Å². The molecule has 1 atom stereocenters. The predicted molar refractivity (Wildman–Crippen MR) is 80.9 cm³/mol. The standard InChI is InChI=1S/C16H17NOS/c17-10-14-5-1-13-9-12(4-8-16(13)18-14)11-2-6-15(19)7-3-11/h2-4,6-9,14,19H,1,5,10,17H2. The third-order valence-corrected chi connectivity index (χ3v) is 3.85. The van der Waals surface area contributed by atoms with Crippen LogP contribution in [0, 0.1) is 0 Å². The fraction of sp³-hybridized carbons (Fsp3) is 0.250. The quantitative estimate of drug-likeness (QED) is 0.822. The van der Waals surface area contributed by atoms with E-state index in [9.17, 15) is 0 Å². The normalized spacial score (nSPS) is 17.7. The van der Waals surface area contributed by atoms with Crippen molar-refractivity contribution in [2.75, 3.05) is 6.54 Å². The molecule has 3 rings (SSSR count). The number of hydrogen-bond acceptors (Lipinski definition) is 3. The molecule has 1 aliphatic heterocycles. The maximum absolute atomic E-state index is 5.85. The van der Waals surface area contributed by atoms with Gasteiger partial charge in [0.05, 0.1) is 0 Å². The summed E-state index contributed by atoms with van der Waals surface area (Å²) in [6.07, 6.45) is 2.21. The summed E-state index contributed by atoms with van der Waals surface area (Å²) in [5.41, 5.74) is 9.37. The van der Waals surface area contributed by atoms with Gasteiger partial charge in [-0.1, -0.05) is 18.2 Å². The van der Waals surface area contributed by atoms with Crippen molar-refractivity contribution in [2.45, 2.75) is 23.8 Å². The van der Waals surface area contributed by atoms with Crippen LogP contribution in [0.1, 0.15) is 12.0 Å². The first kappa shape index (κ1) is 12.6. The van der Waals surface area contributed by atoms with E-state index in [2.05, 4.69) is 43.0 Å². The zero-order valence-electron chi connectivity index (χ0n) is 10.7. The SMILES string of the molecule is NCC1CCc2cc(-c3ccc(S)cc3)ccc2O1. The molecular formula is C16H17NOS. The molecule has 2 nitrogen and oxygen atoms in total. The summed E-state index contributed by atoms with van der Waals surface area (Å²) < 4.78 is 5.85. The number of rotatable bonds is 2. The van der Waals surface area contributed by atoms with Gasteiger partial charge in [-0.05, 0) is 53.8 Å². The van der Waals surface area contributed by atoms with Crippen LogP contribution in [0.15, 0.2) is 47.4 Å². The van der Waals surface area contributed by atoms with E-state index >= 15 is 0 Å². The smallest absolute Gasteiger partial charge is 0.123 e.